The number of hydrogen-bond acceptors (Lipinski definition) is 4. The molecule has 1 atom stereocenters. The van der Waals surface area contributed by atoms with Crippen molar-refractivity contribution in [3.8, 4) is 0 Å². The molecule has 25 heavy (non-hydrogen) atoms. The van der Waals surface area contributed by atoms with Crippen LogP contribution in [0.5, 0.6) is 0 Å². The van der Waals surface area contributed by atoms with Crippen LogP contribution in [0.2, 0.25) is 0 Å². The molecule has 0 aliphatic carbocycles. The molecule has 0 saturated carbocycles. The molecular weight excluding hydrogens is 318 g/mol. The number of anilines is 1. The van der Waals surface area contributed by atoms with E-state index >= 15 is 0 Å². The first-order valence-corrected chi connectivity index (χ1v) is 9.33. The number of aromatic nitrogens is 2. The molecule has 1 N–H and O–H groups in total. The van der Waals surface area contributed by atoms with E-state index in [1.807, 2.05) is 15.8 Å². The summed E-state index contributed by atoms with van der Waals surface area (Å²) >= 11 is 0. The fraction of sp³-hybridized carbons (Fsp3) is 0.778. The average molecular weight is 349 g/mol. The first kappa shape index (κ1) is 18.2. The van der Waals surface area contributed by atoms with Gasteiger partial charge in [-0.05, 0) is 39.5 Å². The quantitative estimate of drug-likeness (QED) is 0.909. The molecule has 2 amide bonds. The summed E-state index contributed by atoms with van der Waals surface area (Å²) in [5, 5.41) is 7.34. The van der Waals surface area contributed by atoms with Gasteiger partial charge in [0.2, 0.25) is 0 Å². The smallest absolute Gasteiger partial charge is 0.321 e. The Morgan fingerprint density at radius 3 is 2.76 bits per heavy atom. The maximum absolute atomic E-state index is 12.6. The van der Waals surface area contributed by atoms with Crippen LogP contribution in [0.25, 0.3) is 0 Å². The summed E-state index contributed by atoms with van der Waals surface area (Å²) in [5.41, 5.74) is 0.674. The van der Waals surface area contributed by atoms with Crippen molar-refractivity contribution >= 4 is 11.7 Å². The average Bonchev–Trinajstić information content (AvgIpc) is 3.05. The highest BCUT2D eigenvalue weighted by Gasteiger charge is 2.26. The topological polar surface area (TPSA) is 62.6 Å². The van der Waals surface area contributed by atoms with E-state index in [-0.39, 0.29) is 11.6 Å². The molecule has 0 bridgehead atoms. The molecule has 7 heteroatoms. The van der Waals surface area contributed by atoms with Gasteiger partial charge in [0.25, 0.3) is 0 Å². The van der Waals surface area contributed by atoms with Crippen molar-refractivity contribution in [1.82, 2.24) is 19.6 Å². The minimum absolute atomic E-state index is 0.0138. The van der Waals surface area contributed by atoms with E-state index in [1.165, 1.54) is 6.42 Å². The van der Waals surface area contributed by atoms with Gasteiger partial charge in [0, 0.05) is 38.9 Å². The van der Waals surface area contributed by atoms with Crippen LogP contribution in [0.4, 0.5) is 10.5 Å². The molecule has 140 valence electrons. The van der Waals surface area contributed by atoms with Gasteiger partial charge < -0.3 is 15.0 Å². The van der Waals surface area contributed by atoms with Gasteiger partial charge in [-0.25, -0.2) is 4.79 Å². The molecule has 2 aliphatic rings. The van der Waals surface area contributed by atoms with E-state index in [2.05, 4.69) is 36.1 Å². The van der Waals surface area contributed by atoms with Gasteiger partial charge in [0.15, 0.2) is 0 Å². The van der Waals surface area contributed by atoms with Crippen LogP contribution >= 0.6 is 0 Å². The number of amides is 2. The Morgan fingerprint density at radius 2 is 2.08 bits per heavy atom. The highest BCUT2D eigenvalue weighted by Crippen LogP contribution is 2.20. The van der Waals surface area contributed by atoms with Crippen molar-refractivity contribution in [2.45, 2.75) is 39.2 Å². The Hall–Kier alpha value is -1.60. The van der Waals surface area contributed by atoms with Crippen LogP contribution < -0.4 is 5.32 Å². The fourth-order valence-corrected chi connectivity index (χ4v) is 3.50. The number of nitrogens with zero attached hydrogens (tertiary/aromatic N) is 4. The normalized spacial score (nSPS) is 22.8. The lowest BCUT2D eigenvalue weighted by Gasteiger charge is -2.36. The minimum atomic E-state index is -0.0860. The van der Waals surface area contributed by atoms with E-state index < -0.39 is 0 Å². The van der Waals surface area contributed by atoms with Gasteiger partial charge in [-0.15, -0.1) is 0 Å². The molecule has 1 aromatic rings. The predicted octanol–water partition coefficient (Wildman–Crippen LogP) is 2.21. The van der Waals surface area contributed by atoms with Gasteiger partial charge >= 0.3 is 6.03 Å². The second kappa shape index (κ2) is 7.74. The Labute approximate surface area is 150 Å². The number of urea groups is 1. The molecule has 3 rings (SSSR count). The largest absolute Gasteiger partial charge is 0.379 e. The summed E-state index contributed by atoms with van der Waals surface area (Å²) < 4.78 is 7.29. The molecule has 2 fully saturated rings. The number of carbonyl (C=O) groups excluding carboxylic acids is 1. The Kier molecular flexibility index (Phi) is 5.64. The van der Waals surface area contributed by atoms with Crippen molar-refractivity contribution in [2.75, 3.05) is 51.3 Å². The molecule has 2 aliphatic heterocycles. The zero-order valence-corrected chi connectivity index (χ0v) is 15.7. The summed E-state index contributed by atoms with van der Waals surface area (Å²) in [6.07, 6.45) is 5.89. The number of morpholine rings is 1. The van der Waals surface area contributed by atoms with Crippen molar-refractivity contribution in [2.24, 2.45) is 5.92 Å². The monoisotopic (exact) mass is 349 g/mol. The predicted molar refractivity (Wildman–Crippen MR) is 97.8 cm³/mol. The highest BCUT2D eigenvalue weighted by molar-refractivity contribution is 5.89. The van der Waals surface area contributed by atoms with Gasteiger partial charge in [-0.1, -0.05) is 0 Å². The van der Waals surface area contributed by atoms with Gasteiger partial charge in [-0.3, -0.25) is 9.58 Å². The van der Waals surface area contributed by atoms with Crippen molar-refractivity contribution < 1.29 is 9.53 Å². The second-order valence-corrected chi connectivity index (χ2v) is 8.14. The summed E-state index contributed by atoms with van der Waals surface area (Å²) in [5.74, 6) is 0.551. The number of likely N-dealkylation sites (tertiary alicyclic amines) is 1. The number of rotatable bonds is 3. The molecule has 0 aromatic carbocycles. The van der Waals surface area contributed by atoms with Crippen LogP contribution in [0, 0.1) is 5.92 Å². The zero-order valence-electron chi connectivity index (χ0n) is 15.7. The maximum Gasteiger partial charge on any atom is 0.321 e. The second-order valence-electron chi connectivity index (χ2n) is 8.14. The highest BCUT2D eigenvalue weighted by atomic mass is 16.5. The lowest BCUT2D eigenvalue weighted by atomic mass is 9.97. The lowest BCUT2D eigenvalue weighted by molar-refractivity contribution is 0.0252. The van der Waals surface area contributed by atoms with Crippen LogP contribution in [-0.4, -0.2) is 71.5 Å². The van der Waals surface area contributed by atoms with E-state index in [9.17, 15) is 4.79 Å². The first-order valence-electron chi connectivity index (χ1n) is 9.33. The number of piperidine rings is 1. The zero-order chi connectivity index (χ0) is 17.9. The van der Waals surface area contributed by atoms with Crippen LogP contribution in [-0.2, 0) is 10.3 Å². The number of hydrogen-bond donors (Lipinski definition) is 1. The van der Waals surface area contributed by atoms with E-state index in [4.69, 9.17) is 4.74 Å². The van der Waals surface area contributed by atoms with Crippen LogP contribution in [0.15, 0.2) is 12.4 Å². The molecule has 7 nitrogen and oxygen atoms in total. The number of nitrogens with one attached hydrogen (secondary N) is 1. The van der Waals surface area contributed by atoms with Crippen molar-refractivity contribution in [1.29, 1.82) is 0 Å². The van der Waals surface area contributed by atoms with Gasteiger partial charge in [0.1, 0.15) is 0 Å². The lowest BCUT2D eigenvalue weighted by Crippen LogP contribution is -2.47. The summed E-state index contributed by atoms with van der Waals surface area (Å²) in [6, 6.07) is -0.0138. The summed E-state index contributed by atoms with van der Waals surface area (Å²) in [6.45, 7) is 12.7. The molecular formula is C18H31N5O2. The van der Waals surface area contributed by atoms with Gasteiger partial charge in [0.05, 0.1) is 30.6 Å². The van der Waals surface area contributed by atoms with E-state index in [0.717, 1.165) is 58.0 Å². The molecule has 2 saturated heterocycles. The molecule has 0 unspecified atom stereocenters. The minimum Gasteiger partial charge on any atom is -0.379 e. The van der Waals surface area contributed by atoms with Crippen molar-refractivity contribution in [3.05, 3.63) is 12.4 Å². The van der Waals surface area contributed by atoms with Gasteiger partial charge in [-0.2, -0.15) is 5.10 Å². The standard InChI is InChI=1S/C18H31N5O2/c1-18(2,3)23-14-16(11-19-23)20-17(24)22-6-4-5-15(13-22)12-21-7-9-25-10-8-21/h11,14-15H,4-10,12-13H2,1-3H3,(H,20,24)/t15-/m0/s1. The summed E-state index contributed by atoms with van der Waals surface area (Å²) in [4.78, 5) is 17.0. The van der Waals surface area contributed by atoms with Crippen molar-refractivity contribution in [3.63, 3.8) is 0 Å². The maximum atomic E-state index is 12.6. The van der Waals surface area contributed by atoms with Crippen LogP contribution in [0.1, 0.15) is 33.6 Å². The molecule has 1 aromatic heterocycles. The number of carbonyl (C=O) groups is 1. The van der Waals surface area contributed by atoms with E-state index in [0.29, 0.717) is 5.92 Å². The molecule has 0 spiro atoms. The summed E-state index contributed by atoms with van der Waals surface area (Å²) in [7, 11) is 0. The Balaban J connectivity index is 1.52. The molecule has 3 heterocycles. The Morgan fingerprint density at radius 1 is 1.32 bits per heavy atom. The number of ether oxygens (including phenoxy) is 1. The third-order valence-electron chi connectivity index (χ3n) is 4.95. The SMILES string of the molecule is CC(C)(C)n1cc(NC(=O)N2CCC[C@@H](CN3CCOCC3)C2)cn1. The first-order chi connectivity index (χ1) is 11.9. The van der Waals surface area contributed by atoms with Crippen LogP contribution in [0.3, 0.4) is 0 Å². The third kappa shape index (κ3) is 4.95. The molecule has 0 radical (unpaired) electrons. The Bertz CT molecular complexity index is 574. The third-order valence-corrected chi connectivity index (χ3v) is 4.95. The van der Waals surface area contributed by atoms with E-state index in [1.54, 1.807) is 6.20 Å². The fourth-order valence-electron chi connectivity index (χ4n) is 3.50.